The Labute approximate surface area is 223 Å². The lowest BCUT2D eigenvalue weighted by molar-refractivity contribution is -0.350. The van der Waals surface area contributed by atoms with E-state index >= 15 is 0 Å². The van der Waals surface area contributed by atoms with Gasteiger partial charge in [-0.05, 0) is 18.1 Å². The molecule has 1 spiro atoms. The Morgan fingerprint density at radius 1 is 1.18 bits per heavy atom. The van der Waals surface area contributed by atoms with E-state index in [9.17, 15) is 25.2 Å². The summed E-state index contributed by atoms with van der Waals surface area (Å²) in [5.41, 5.74) is 0.871. The highest BCUT2D eigenvalue weighted by molar-refractivity contribution is 5.89. The summed E-state index contributed by atoms with van der Waals surface area (Å²) in [4.78, 5) is 20.3. The molecule has 1 aromatic carbocycles. The molecule has 0 aromatic heterocycles. The number of benzene rings is 1. The molecule has 0 amide bonds. The molecule has 0 saturated carbocycles. The molecule has 6 heterocycles. The van der Waals surface area contributed by atoms with E-state index in [4.69, 9.17) is 28.7 Å². The Bertz CT molecular complexity index is 1320. The van der Waals surface area contributed by atoms with Gasteiger partial charge in [0.25, 0.3) is 0 Å². The van der Waals surface area contributed by atoms with E-state index in [1.54, 1.807) is 0 Å². The van der Waals surface area contributed by atoms with Crippen molar-refractivity contribution in [1.29, 1.82) is 0 Å². The zero-order valence-corrected chi connectivity index (χ0v) is 21.3. The van der Waals surface area contributed by atoms with Gasteiger partial charge in [0.05, 0.1) is 42.9 Å². The second-order valence-electron chi connectivity index (χ2n) is 11.1. The van der Waals surface area contributed by atoms with E-state index in [0.29, 0.717) is 18.5 Å². The van der Waals surface area contributed by atoms with Crippen molar-refractivity contribution in [3.05, 3.63) is 46.7 Å². The number of ether oxygens (including phenoxy) is 5. The summed E-state index contributed by atoms with van der Waals surface area (Å²) in [5.74, 6) is -1.35. The lowest BCUT2D eigenvalue weighted by Crippen LogP contribution is -2.62. The summed E-state index contributed by atoms with van der Waals surface area (Å²) in [5, 5.41) is 42.7. The van der Waals surface area contributed by atoms with Gasteiger partial charge in [0.2, 0.25) is 6.29 Å². The van der Waals surface area contributed by atoms with Gasteiger partial charge in [0.15, 0.2) is 6.29 Å². The number of carbonyl (C=O) groups is 1. The molecule has 1 unspecified atom stereocenters. The summed E-state index contributed by atoms with van der Waals surface area (Å²) >= 11 is 0. The molecule has 0 aliphatic carbocycles. The van der Waals surface area contributed by atoms with Crippen LogP contribution in [0.1, 0.15) is 12.8 Å². The molecule has 12 nitrogen and oxygen atoms in total. The monoisotopic (exact) mass is 544 g/mol. The molecule has 6 aliphatic heterocycles. The van der Waals surface area contributed by atoms with Crippen LogP contribution in [-0.4, -0.2) is 113 Å². The minimum Gasteiger partial charge on any atom is -0.471 e. The molecule has 12 heteroatoms. The Hall–Kier alpha value is -2.42. The van der Waals surface area contributed by atoms with Crippen molar-refractivity contribution in [3.63, 3.8) is 0 Å². The number of esters is 1. The average molecular weight is 545 g/mol. The van der Waals surface area contributed by atoms with Gasteiger partial charge in [-0.2, -0.15) is 0 Å². The first-order chi connectivity index (χ1) is 18.9. The largest absolute Gasteiger partial charge is 0.471 e. The van der Waals surface area contributed by atoms with Crippen LogP contribution < -0.4 is 10.6 Å². The number of hydrogen-bond acceptors (Lipinski definition) is 12. The molecule has 39 heavy (non-hydrogen) atoms. The summed E-state index contributed by atoms with van der Waals surface area (Å²) in [6.07, 6.45) is -5.97. The van der Waals surface area contributed by atoms with Gasteiger partial charge in [-0.15, -0.1) is 0 Å². The molecular weight excluding hydrogens is 512 g/mol. The van der Waals surface area contributed by atoms with Crippen LogP contribution in [0.4, 0.5) is 0 Å². The Kier molecular flexibility index (Phi) is 6.10. The Morgan fingerprint density at radius 3 is 2.79 bits per heavy atom. The molecule has 2 bridgehead atoms. The predicted octanol–water partition coefficient (Wildman–Crippen LogP) is -2.49. The molecule has 7 rings (SSSR count). The fourth-order valence-electron chi connectivity index (χ4n) is 7.34. The van der Waals surface area contributed by atoms with Gasteiger partial charge in [-0.3, -0.25) is 9.89 Å². The van der Waals surface area contributed by atoms with Gasteiger partial charge in [0.1, 0.15) is 36.2 Å². The van der Waals surface area contributed by atoms with Crippen molar-refractivity contribution in [2.24, 2.45) is 16.8 Å². The number of hydrogen-bond donors (Lipinski definition) is 4. The predicted molar refractivity (Wildman–Crippen MR) is 130 cm³/mol. The van der Waals surface area contributed by atoms with Crippen LogP contribution in [0.15, 0.2) is 41.1 Å². The molecule has 4 fully saturated rings. The Balaban J connectivity index is 1.23. The number of nitrogens with zero attached hydrogens (tertiary/aromatic N) is 2. The van der Waals surface area contributed by atoms with E-state index in [1.807, 2.05) is 18.2 Å². The number of rotatable bonds is 4. The van der Waals surface area contributed by atoms with Crippen LogP contribution in [0.3, 0.4) is 0 Å². The summed E-state index contributed by atoms with van der Waals surface area (Å²) in [6, 6.07) is 7.89. The van der Waals surface area contributed by atoms with Crippen LogP contribution in [-0.2, 0) is 28.5 Å². The molecular formula is C27H32N2O10. The first kappa shape index (κ1) is 25.5. The van der Waals surface area contributed by atoms with E-state index < -0.39 is 67.3 Å². The second-order valence-corrected chi connectivity index (χ2v) is 11.1. The van der Waals surface area contributed by atoms with Gasteiger partial charge in [-0.25, -0.2) is 4.79 Å². The number of aliphatic hydroxyl groups excluding tert-OH is 4. The lowest BCUT2D eigenvalue weighted by Gasteiger charge is -2.52. The highest BCUT2D eigenvalue weighted by Crippen LogP contribution is 2.55. The molecule has 4 saturated heterocycles. The maximum atomic E-state index is 12.9. The van der Waals surface area contributed by atoms with Crippen LogP contribution in [0.25, 0.3) is 5.57 Å². The topological polar surface area (TPSA) is 160 Å². The maximum Gasteiger partial charge on any atom is 0.337 e. The number of aliphatic hydroxyl groups is 4. The van der Waals surface area contributed by atoms with Crippen molar-refractivity contribution in [2.75, 3.05) is 26.8 Å². The SMILES string of the molecule is COC(=O)C1=CO[C@@H](O[C@@H]2O[C@H](CO)[C@@H](O)[C@H](O)[C@H]2O)[C@@H]2[C@@H]3CN4CCC5=c6ccccc6=NC5[C@]4(C[C@H]12)O3. The first-order valence-corrected chi connectivity index (χ1v) is 13.3. The van der Waals surface area contributed by atoms with Crippen LogP contribution >= 0.6 is 0 Å². The van der Waals surface area contributed by atoms with E-state index in [1.165, 1.54) is 18.9 Å². The van der Waals surface area contributed by atoms with Crippen LogP contribution in [0.2, 0.25) is 0 Å². The zero-order chi connectivity index (χ0) is 27.1. The summed E-state index contributed by atoms with van der Waals surface area (Å²) < 4.78 is 29.5. The number of carbonyl (C=O) groups excluding carboxylic acids is 1. The molecule has 1 aromatic rings. The normalized spacial score (nSPS) is 44.2. The maximum absolute atomic E-state index is 12.9. The summed E-state index contributed by atoms with van der Waals surface area (Å²) in [6.45, 7) is 0.773. The molecule has 4 N–H and O–H groups in total. The minimum atomic E-state index is -1.59. The quantitative estimate of drug-likeness (QED) is 0.297. The van der Waals surface area contributed by atoms with Crippen LogP contribution in [0.5, 0.6) is 0 Å². The third-order valence-electron chi connectivity index (χ3n) is 9.20. The summed E-state index contributed by atoms with van der Waals surface area (Å²) in [7, 11) is 1.32. The minimum absolute atomic E-state index is 0.207. The van der Waals surface area contributed by atoms with Gasteiger partial charge >= 0.3 is 5.97 Å². The molecule has 11 atom stereocenters. The first-order valence-electron chi connectivity index (χ1n) is 13.3. The highest BCUT2D eigenvalue weighted by Gasteiger charge is 2.66. The number of methoxy groups -OCH3 is 1. The lowest BCUT2D eigenvalue weighted by atomic mass is 9.72. The van der Waals surface area contributed by atoms with Gasteiger partial charge in [0, 0.05) is 30.6 Å². The standard InChI is InChI=1S/C27H32N2O10/c1-35-24(34)15-11-36-25(38-26-22(33)21(32)20(31)18(10-30)37-26)19-14(15)8-27-23-13(6-7-29(27)9-17(19)39-27)12-4-2-3-5-16(12)28-23/h2-5,11,14,17-23,25-26,30-33H,6-10H2,1H3/t14-,17+,18-,19+,20-,21+,22-,23?,25+,26+,27+/m1/s1. The third-order valence-corrected chi connectivity index (χ3v) is 9.20. The van der Waals surface area contributed by atoms with E-state index in [2.05, 4.69) is 11.0 Å². The number of piperidine rings is 1. The molecule has 0 radical (unpaired) electrons. The number of para-hydroxylation sites is 1. The fourth-order valence-corrected chi connectivity index (χ4v) is 7.34. The smallest absolute Gasteiger partial charge is 0.337 e. The van der Waals surface area contributed by atoms with E-state index in [0.717, 1.165) is 23.5 Å². The number of fused-ring (bicyclic) bond motifs is 5. The van der Waals surface area contributed by atoms with Gasteiger partial charge in [-0.1, -0.05) is 18.2 Å². The molecule has 6 aliphatic rings. The van der Waals surface area contributed by atoms with Crippen molar-refractivity contribution in [2.45, 2.75) is 67.7 Å². The average Bonchev–Trinajstić information content (AvgIpc) is 3.48. The third kappa shape index (κ3) is 3.67. The van der Waals surface area contributed by atoms with Gasteiger partial charge < -0.3 is 44.1 Å². The zero-order valence-electron chi connectivity index (χ0n) is 21.3. The highest BCUT2D eigenvalue weighted by atomic mass is 16.8. The Morgan fingerprint density at radius 2 is 2.00 bits per heavy atom. The van der Waals surface area contributed by atoms with Crippen molar-refractivity contribution < 1.29 is 48.9 Å². The second kappa shape index (κ2) is 9.32. The van der Waals surface area contributed by atoms with Crippen molar-refractivity contribution in [1.82, 2.24) is 4.90 Å². The molecule has 210 valence electrons. The van der Waals surface area contributed by atoms with Crippen molar-refractivity contribution >= 4 is 11.5 Å². The van der Waals surface area contributed by atoms with Crippen LogP contribution in [0, 0.1) is 11.8 Å². The van der Waals surface area contributed by atoms with Crippen molar-refractivity contribution in [3.8, 4) is 0 Å². The van der Waals surface area contributed by atoms with E-state index in [-0.39, 0.29) is 12.0 Å². The fraction of sp³-hybridized carbons (Fsp3) is 0.630.